The molecule has 0 atom stereocenters. The van der Waals surface area contributed by atoms with Crippen LogP contribution in [0.3, 0.4) is 0 Å². The van der Waals surface area contributed by atoms with E-state index in [2.05, 4.69) is 17.9 Å². The standard InChI is InChI=1S/C12H13N3O3S/c1-8-3-2-4-9(12(16)14-17)10(8)7-18-11-5-6-15(19)13-11/h2-6,17,19H,7H2,1H3,(H,14,16). The summed E-state index contributed by atoms with van der Waals surface area (Å²) in [5, 5.41) is 12.7. The zero-order chi connectivity index (χ0) is 13.8. The van der Waals surface area contributed by atoms with E-state index in [1.807, 2.05) is 13.0 Å². The van der Waals surface area contributed by atoms with Crippen molar-refractivity contribution < 1.29 is 14.7 Å². The van der Waals surface area contributed by atoms with Gasteiger partial charge in [0.15, 0.2) is 0 Å². The van der Waals surface area contributed by atoms with E-state index in [1.165, 1.54) is 4.09 Å². The summed E-state index contributed by atoms with van der Waals surface area (Å²) >= 11 is 4.00. The maximum absolute atomic E-state index is 11.6. The van der Waals surface area contributed by atoms with E-state index in [1.54, 1.807) is 29.9 Å². The molecule has 1 heterocycles. The second-order valence-electron chi connectivity index (χ2n) is 3.90. The van der Waals surface area contributed by atoms with Gasteiger partial charge >= 0.3 is 0 Å². The van der Waals surface area contributed by atoms with Crippen LogP contribution in [-0.2, 0) is 6.61 Å². The summed E-state index contributed by atoms with van der Waals surface area (Å²) in [6.45, 7) is 2.05. The lowest BCUT2D eigenvalue weighted by atomic mass is 10.0. The predicted octanol–water partition coefficient (Wildman–Crippen LogP) is 1.58. The van der Waals surface area contributed by atoms with Crippen LogP contribution in [0.1, 0.15) is 21.5 Å². The number of carbonyl (C=O) groups is 1. The van der Waals surface area contributed by atoms with Crippen molar-refractivity contribution in [1.82, 2.24) is 14.7 Å². The van der Waals surface area contributed by atoms with E-state index in [0.29, 0.717) is 17.0 Å². The quantitative estimate of drug-likeness (QED) is 0.451. The first kappa shape index (κ1) is 13.4. The van der Waals surface area contributed by atoms with Crippen molar-refractivity contribution in [1.29, 1.82) is 0 Å². The molecule has 1 aromatic heterocycles. The van der Waals surface area contributed by atoms with Crippen molar-refractivity contribution in [3.63, 3.8) is 0 Å². The fraction of sp³-hybridized carbons (Fsp3) is 0.167. The first-order chi connectivity index (χ1) is 9.11. The molecule has 0 aliphatic carbocycles. The molecule has 6 nitrogen and oxygen atoms in total. The Morgan fingerprint density at radius 1 is 1.53 bits per heavy atom. The largest absolute Gasteiger partial charge is 0.472 e. The van der Waals surface area contributed by atoms with Crippen molar-refractivity contribution in [2.24, 2.45) is 0 Å². The minimum absolute atomic E-state index is 0.181. The summed E-state index contributed by atoms with van der Waals surface area (Å²) in [6, 6.07) is 6.89. The number of nitrogens with zero attached hydrogens (tertiary/aromatic N) is 2. The topological polar surface area (TPSA) is 76.4 Å². The van der Waals surface area contributed by atoms with Crippen molar-refractivity contribution in [2.75, 3.05) is 0 Å². The van der Waals surface area contributed by atoms with Crippen LogP contribution in [0.4, 0.5) is 0 Å². The molecule has 0 aliphatic heterocycles. The van der Waals surface area contributed by atoms with Gasteiger partial charge in [0.1, 0.15) is 6.61 Å². The summed E-state index contributed by atoms with van der Waals surface area (Å²) in [4.78, 5) is 11.6. The monoisotopic (exact) mass is 279 g/mol. The molecule has 2 rings (SSSR count). The molecule has 2 N–H and O–H groups in total. The van der Waals surface area contributed by atoms with Gasteiger partial charge in [-0.1, -0.05) is 12.1 Å². The number of hydroxylamine groups is 1. The van der Waals surface area contributed by atoms with Gasteiger partial charge in [0, 0.05) is 23.4 Å². The number of thiol groups is 1. The van der Waals surface area contributed by atoms with Crippen LogP contribution in [0.5, 0.6) is 5.88 Å². The molecule has 7 heteroatoms. The highest BCUT2D eigenvalue weighted by Crippen LogP contribution is 2.17. The Morgan fingerprint density at radius 3 is 2.95 bits per heavy atom. The van der Waals surface area contributed by atoms with Gasteiger partial charge in [0.2, 0.25) is 5.88 Å². The number of hydrogen-bond acceptors (Lipinski definition) is 5. The van der Waals surface area contributed by atoms with E-state index in [9.17, 15) is 4.79 Å². The summed E-state index contributed by atoms with van der Waals surface area (Å²) in [5.41, 5.74) is 3.58. The van der Waals surface area contributed by atoms with E-state index in [-0.39, 0.29) is 6.61 Å². The molecule has 0 saturated heterocycles. The average molecular weight is 279 g/mol. The van der Waals surface area contributed by atoms with Crippen LogP contribution in [0.15, 0.2) is 30.5 Å². The van der Waals surface area contributed by atoms with Gasteiger partial charge in [-0.3, -0.25) is 10.0 Å². The second-order valence-corrected chi connectivity index (χ2v) is 4.31. The van der Waals surface area contributed by atoms with Crippen molar-refractivity contribution in [3.05, 3.63) is 47.2 Å². The van der Waals surface area contributed by atoms with E-state index >= 15 is 0 Å². The van der Waals surface area contributed by atoms with Gasteiger partial charge in [-0.2, -0.15) is 0 Å². The van der Waals surface area contributed by atoms with Crippen LogP contribution in [-0.4, -0.2) is 20.3 Å². The molecule has 0 spiro atoms. The first-order valence-electron chi connectivity index (χ1n) is 5.52. The molecular formula is C12H13N3O3S. The first-order valence-corrected chi connectivity index (χ1v) is 5.92. The van der Waals surface area contributed by atoms with Gasteiger partial charge < -0.3 is 4.74 Å². The third-order valence-electron chi connectivity index (χ3n) is 2.67. The molecule has 19 heavy (non-hydrogen) atoms. The lowest BCUT2D eigenvalue weighted by Crippen LogP contribution is -2.21. The Balaban J connectivity index is 2.21. The van der Waals surface area contributed by atoms with Gasteiger partial charge in [-0.25, -0.2) is 9.57 Å². The Hall–Kier alpha value is -1.99. The molecule has 0 unspecified atom stereocenters. The van der Waals surface area contributed by atoms with Crippen molar-refractivity contribution in [2.45, 2.75) is 13.5 Å². The van der Waals surface area contributed by atoms with Gasteiger partial charge in [0.25, 0.3) is 5.91 Å². The van der Waals surface area contributed by atoms with Crippen molar-refractivity contribution in [3.8, 4) is 5.88 Å². The SMILES string of the molecule is Cc1cccc(C(=O)NO)c1COc1ccn(S)n1. The molecule has 1 aromatic carbocycles. The van der Waals surface area contributed by atoms with Crippen LogP contribution in [0.25, 0.3) is 0 Å². The summed E-state index contributed by atoms with van der Waals surface area (Å²) in [5.74, 6) is -0.157. The normalized spacial score (nSPS) is 10.3. The number of ether oxygens (including phenoxy) is 1. The highest BCUT2D eigenvalue weighted by atomic mass is 32.1. The zero-order valence-corrected chi connectivity index (χ0v) is 11.1. The number of benzene rings is 1. The number of aryl methyl sites for hydroxylation is 1. The molecule has 0 bridgehead atoms. The van der Waals surface area contributed by atoms with E-state index < -0.39 is 5.91 Å². The average Bonchev–Trinajstić information content (AvgIpc) is 2.82. The Kier molecular flexibility index (Phi) is 4.08. The fourth-order valence-corrected chi connectivity index (χ4v) is 1.84. The Labute approximate surface area is 115 Å². The third-order valence-corrected chi connectivity index (χ3v) is 2.90. The molecule has 0 fully saturated rings. The van der Waals surface area contributed by atoms with Gasteiger partial charge in [-0.15, -0.1) is 5.10 Å². The number of nitrogens with one attached hydrogen (secondary N) is 1. The maximum Gasteiger partial charge on any atom is 0.275 e. The second kappa shape index (κ2) is 5.77. The smallest absolute Gasteiger partial charge is 0.275 e. The third kappa shape index (κ3) is 3.07. The molecular weight excluding hydrogens is 266 g/mol. The number of carbonyl (C=O) groups excluding carboxylic acids is 1. The zero-order valence-electron chi connectivity index (χ0n) is 10.2. The van der Waals surface area contributed by atoms with Crippen LogP contribution in [0.2, 0.25) is 0 Å². The summed E-state index contributed by atoms with van der Waals surface area (Å²) in [6.07, 6.45) is 1.64. The van der Waals surface area contributed by atoms with Crippen LogP contribution >= 0.6 is 12.8 Å². The number of aromatic nitrogens is 2. The van der Waals surface area contributed by atoms with Gasteiger partial charge in [-0.05, 0) is 31.4 Å². The summed E-state index contributed by atoms with van der Waals surface area (Å²) in [7, 11) is 0. The molecule has 100 valence electrons. The molecule has 0 saturated carbocycles. The summed E-state index contributed by atoms with van der Waals surface area (Å²) < 4.78 is 6.81. The Morgan fingerprint density at radius 2 is 2.32 bits per heavy atom. The molecule has 1 amide bonds. The fourth-order valence-electron chi connectivity index (χ4n) is 1.69. The number of amides is 1. The van der Waals surface area contributed by atoms with E-state index in [0.717, 1.165) is 5.56 Å². The maximum atomic E-state index is 11.6. The lowest BCUT2D eigenvalue weighted by molar-refractivity contribution is 0.0703. The minimum atomic E-state index is -0.568. The minimum Gasteiger partial charge on any atom is -0.472 e. The highest BCUT2D eigenvalue weighted by molar-refractivity contribution is 7.78. The number of hydrogen-bond donors (Lipinski definition) is 3. The molecule has 0 radical (unpaired) electrons. The van der Waals surface area contributed by atoms with Crippen molar-refractivity contribution >= 4 is 18.7 Å². The van der Waals surface area contributed by atoms with E-state index in [4.69, 9.17) is 9.94 Å². The lowest BCUT2D eigenvalue weighted by Gasteiger charge is -2.11. The highest BCUT2D eigenvalue weighted by Gasteiger charge is 2.13. The van der Waals surface area contributed by atoms with Gasteiger partial charge in [0.05, 0.1) is 0 Å². The Bertz CT molecular complexity index is 598. The van der Waals surface area contributed by atoms with Crippen LogP contribution in [0, 0.1) is 6.92 Å². The molecule has 0 aliphatic rings. The molecule has 2 aromatic rings. The van der Waals surface area contributed by atoms with Crippen LogP contribution < -0.4 is 10.2 Å². The number of rotatable bonds is 4. The predicted molar refractivity (Wildman–Crippen MR) is 71.4 cm³/mol.